The number of anilines is 1. The van der Waals surface area contributed by atoms with Gasteiger partial charge in [-0.15, -0.1) is 0 Å². The van der Waals surface area contributed by atoms with E-state index < -0.39 is 5.41 Å². The van der Waals surface area contributed by atoms with E-state index in [-0.39, 0.29) is 11.6 Å². The van der Waals surface area contributed by atoms with Gasteiger partial charge in [-0.25, -0.2) is 9.37 Å². The first-order valence-electron chi connectivity index (χ1n) is 12.9. The molecule has 180 valence electrons. The van der Waals surface area contributed by atoms with Crippen molar-refractivity contribution >= 4 is 17.2 Å². The lowest BCUT2D eigenvalue weighted by Gasteiger charge is -2.41. The van der Waals surface area contributed by atoms with Gasteiger partial charge in [0.1, 0.15) is 0 Å². The summed E-state index contributed by atoms with van der Waals surface area (Å²) in [7, 11) is 0. The maximum Gasteiger partial charge on any atom is 0.195 e. The molecule has 0 N–H and O–H groups in total. The topological polar surface area (TPSA) is 60.2 Å². The van der Waals surface area contributed by atoms with Gasteiger partial charge in [-0.3, -0.25) is 4.79 Å². The normalized spacial score (nSPS) is 22.0. The molecule has 2 saturated heterocycles. The van der Waals surface area contributed by atoms with Gasteiger partial charge >= 0.3 is 0 Å². The Morgan fingerprint density at radius 2 is 1.83 bits per heavy atom. The number of nitriles is 1. The van der Waals surface area contributed by atoms with Crippen molar-refractivity contribution in [1.29, 1.82) is 5.26 Å². The van der Waals surface area contributed by atoms with Crippen LogP contribution in [0.2, 0.25) is 0 Å². The van der Waals surface area contributed by atoms with Gasteiger partial charge in [-0.05, 0) is 74.0 Å². The van der Waals surface area contributed by atoms with Gasteiger partial charge in [0, 0.05) is 47.4 Å². The largest absolute Gasteiger partial charge is 0.354 e. The Balaban J connectivity index is 1.31. The van der Waals surface area contributed by atoms with E-state index >= 15 is 4.39 Å². The summed E-state index contributed by atoms with van der Waals surface area (Å²) in [6.45, 7) is 7.97. The van der Waals surface area contributed by atoms with Crippen LogP contribution in [0.15, 0.2) is 30.0 Å². The number of benzene rings is 1. The zero-order valence-corrected chi connectivity index (χ0v) is 20.5. The molecule has 6 heteroatoms. The zero-order chi connectivity index (χ0) is 24.3. The van der Waals surface area contributed by atoms with E-state index in [9.17, 15) is 10.1 Å². The number of halogens is 1. The monoisotopic (exact) mass is 470 g/mol. The number of likely N-dealkylation sites (tertiary alicyclic amines) is 1. The van der Waals surface area contributed by atoms with Crippen LogP contribution in [0.1, 0.15) is 78.6 Å². The Morgan fingerprint density at radius 1 is 1.09 bits per heavy atom. The van der Waals surface area contributed by atoms with Crippen molar-refractivity contribution in [3.05, 3.63) is 63.6 Å². The van der Waals surface area contributed by atoms with E-state index in [0.29, 0.717) is 40.5 Å². The molecule has 3 heterocycles. The molecule has 0 unspecified atom stereocenters. The number of hydrogen-bond donors (Lipinski definition) is 0. The van der Waals surface area contributed by atoms with Gasteiger partial charge in [0.25, 0.3) is 0 Å². The molecule has 2 aliphatic carbocycles. The van der Waals surface area contributed by atoms with E-state index in [1.165, 1.54) is 32.4 Å². The second-order valence-corrected chi connectivity index (χ2v) is 11.0. The average molecular weight is 471 g/mol. The Labute approximate surface area is 206 Å². The summed E-state index contributed by atoms with van der Waals surface area (Å²) in [5.41, 5.74) is 4.22. The second-order valence-electron chi connectivity index (χ2n) is 11.0. The van der Waals surface area contributed by atoms with Crippen LogP contribution in [-0.2, 0) is 11.8 Å². The quantitative estimate of drug-likeness (QED) is 0.616. The summed E-state index contributed by atoms with van der Waals surface area (Å²) in [4.78, 5) is 22.8. The van der Waals surface area contributed by atoms with E-state index in [1.807, 2.05) is 26.0 Å². The molecule has 0 bridgehead atoms. The van der Waals surface area contributed by atoms with Crippen LogP contribution in [-0.4, -0.2) is 47.9 Å². The highest BCUT2D eigenvalue weighted by Crippen LogP contribution is 2.51. The Hall–Kier alpha value is -3.04. The van der Waals surface area contributed by atoms with E-state index in [1.54, 1.807) is 12.3 Å². The third kappa shape index (κ3) is 3.43. The summed E-state index contributed by atoms with van der Waals surface area (Å²) >= 11 is 0. The molecule has 1 aromatic carbocycles. The van der Waals surface area contributed by atoms with Crippen LogP contribution in [0.4, 0.5) is 10.2 Å². The molecule has 2 aliphatic heterocycles. The average Bonchev–Trinajstić information content (AvgIpc) is 3.28. The first-order chi connectivity index (χ1) is 16.9. The molecule has 35 heavy (non-hydrogen) atoms. The molecular formula is C29H31FN4O. The Morgan fingerprint density at radius 3 is 2.54 bits per heavy atom. The van der Waals surface area contributed by atoms with Crippen LogP contribution in [0.3, 0.4) is 0 Å². The predicted molar refractivity (Wildman–Crippen MR) is 134 cm³/mol. The van der Waals surface area contributed by atoms with Crippen molar-refractivity contribution < 1.29 is 9.18 Å². The van der Waals surface area contributed by atoms with Crippen LogP contribution < -0.4 is 4.90 Å². The molecule has 0 radical (unpaired) electrons. The minimum Gasteiger partial charge on any atom is -0.354 e. The molecule has 0 atom stereocenters. The summed E-state index contributed by atoms with van der Waals surface area (Å²) in [6.07, 6.45) is 8.10. The van der Waals surface area contributed by atoms with Crippen molar-refractivity contribution in [2.24, 2.45) is 0 Å². The van der Waals surface area contributed by atoms with Crippen molar-refractivity contribution in [3.63, 3.8) is 0 Å². The van der Waals surface area contributed by atoms with Gasteiger partial charge in [-0.2, -0.15) is 5.26 Å². The highest BCUT2D eigenvalue weighted by atomic mass is 19.1. The lowest BCUT2D eigenvalue weighted by Crippen LogP contribution is -2.47. The first kappa shape index (κ1) is 22.4. The number of nitrogens with zero attached hydrogens (tertiary/aromatic N) is 4. The number of Topliss-reactive ketones (excluding diaryl/α,β-unsaturated/α-hetero) is 1. The minimum atomic E-state index is -0.641. The summed E-state index contributed by atoms with van der Waals surface area (Å²) in [6, 6.07) is 8.23. The van der Waals surface area contributed by atoms with Gasteiger partial charge in [0.15, 0.2) is 17.4 Å². The molecule has 4 aliphatic rings. The van der Waals surface area contributed by atoms with E-state index in [2.05, 4.69) is 20.9 Å². The number of hydrogen-bond acceptors (Lipinski definition) is 5. The Bertz CT molecular complexity index is 1290. The number of carbonyl (C=O) groups excluding carboxylic acids is 1. The van der Waals surface area contributed by atoms with Crippen LogP contribution in [0, 0.1) is 17.1 Å². The van der Waals surface area contributed by atoms with E-state index in [0.717, 1.165) is 42.6 Å². The number of pyridine rings is 1. The standard InChI is InChI=1S/C29H31FN4O/c1-29(2)23-15-19-14-18(16-31)6-7-21(19)24(23)27(35)22-17-32-28(26(30)25(22)29)34-12-8-20(9-13-34)33-10-4-3-5-11-33/h6-7,14,17,20H,3-5,8-13,15H2,1-2H3. The smallest absolute Gasteiger partial charge is 0.195 e. The number of piperidine rings is 2. The molecule has 0 spiro atoms. The number of aromatic nitrogens is 1. The van der Waals surface area contributed by atoms with E-state index in [4.69, 9.17) is 0 Å². The highest BCUT2D eigenvalue weighted by molar-refractivity contribution is 6.32. The van der Waals surface area contributed by atoms with Crippen LogP contribution in [0.25, 0.3) is 5.57 Å². The molecule has 0 amide bonds. The van der Waals surface area contributed by atoms with Crippen molar-refractivity contribution in [3.8, 4) is 6.07 Å². The summed E-state index contributed by atoms with van der Waals surface area (Å²) in [5, 5.41) is 9.31. The van der Waals surface area contributed by atoms with Gasteiger partial charge in [-0.1, -0.05) is 26.3 Å². The van der Waals surface area contributed by atoms with Gasteiger partial charge in [0.05, 0.1) is 11.6 Å². The predicted octanol–water partition coefficient (Wildman–Crippen LogP) is 5.03. The third-order valence-electron chi connectivity index (χ3n) is 8.70. The molecular weight excluding hydrogens is 439 g/mol. The van der Waals surface area contributed by atoms with Crippen molar-refractivity contribution in [1.82, 2.24) is 9.88 Å². The maximum absolute atomic E-state index is 16.2. The number of carbonyl (C=O) groups is 1. The number of allylic oxidation sites excluding steroid dienone is 2. The lowest BCUT2D eigenvalue weighted by molar-refractivity contribution is 0.104. The molecule has 2 aromatic rings. The fraction of sp³-hybridized carbons (Fsp3) is 0.483. The Kier molecular flexibility index (Phi) is 5.30. The number of fused-ring (bicyclic) bond motifs is 3. The van der Waals surface area contributed by atoms with Gasteiger partial charge in [0.2, 0.25) is 0 Å². The zero-order valence-electron chi connectivity index (χ0n) is 20.5. The van der Waals surface area contributed by atoms with Gasteiger partial charge < -0.3 is 9.80 Å². The fourth-order valence-corrected chi connectivity index (χ4v) is 6.78. The van der Waals surface area contributed by atoms with Crippen molar-refractivity contribution in [2.45, 2.75) is 63.8 Å². The molecule has 0 saturated carbocycles. The first-order valence-corrected chi connectivity index (χ1v) is 12.9. The lowest BCUT2D eigenvalue weighted by atomic mass is 9.68. The minimum absolute atomic E-state index is 0.153. The molecule has 2 fully saturated rings. The van der Waals surface area contributed by atoms with Crippen molar-refractivity contribution in [2.75, 3.05) is 31.1 Å². The number of rotatable bonds is 2. The van der Waals surface area contributed by atoms with Crippen LogP contribution in [0.5, 0.6) is 0 Å². The molecule has 5 nitrogen and oxygen atoms in total. The highest BCUT2D eigenvalue weighted by Gasteiger charge is 2.45. The fourth-order valence-electron chi connectivity index (χ4n) is 6.78. The maximum atomic E-state index is 16.2. The second kappa shape index (κ2) is 8.27. The molecule has 6 rings (SSSR count). The van der Waals surface area contributed by atoms with Crippen LogP contribution >= 0.6 is 0 Å². The third-order valence-corrected chi connectivity index (χ3v) is 8.70. The molecule has 1 aromatic heterocycles. The summed E-state index contributed by atoms with van der Waals surface area (Å²) in [5.74, 6) is -0.120. The number of ketones is 1. The SMILES string of the molecule is CC1(C)C2=C(C(=O)c3cnc(N4CCC(N5CCCCC5)CC4)c(F)c31)c1ccc(C#N)cc1C2. The summed E-state index contributed by atoms with van der Waals surface area (Å²) < 4.78 is 16.2.